The summed E-state index contributed by atoms with van der Waals surface area (Å²) in [5, 5.41) is 0. The lowest BCUT2D eigenvalue weighted by Crippen LogP contribution is -2.03. The Morgan fingerprint density at radius 3 is 2.48 bits per heavy atom. The van der Waals surface area contributed by atoms with Crippen LogP contribution in [0.5, 0.6) is 0 Å². The Labute approximate surface area is 127 Å². The van der Waals surface area contributed by atoms with Crippen molar-refractivity contribution < 1.29 is 9.18 Å². The van der Waals surface area contributed by atoms with Crippen molar-refractivity contribution in [3.8, 4) is 0 Å². The van der Waals surface area contributed by atoms with Gasteiger partial charge in [0.15, 0.2) is 5.78 Å². The molecule has 0 bridgehead atoms. The third-order valence-electron chi connectivity index (χ3n) is 3.27. The van der Waals surface area contributed by atoms with E-state index in [1.165, 1.54) is 18.2 Å². The summed E-state index contributed by atoms with van der Waals surface area (Å²) >= 11 is 3.33. The summed E-state index contributed by atoms with van der Waals surface area (Å²) < 4.78 is 13.9. The number of halogens is 2. The van der Waals surface area contributed by atoms with E-state index in [1.54, 1.807) is 19.1 Å². The van der Waals surface area contributed by atoms with Gasteiger partial charge in [-0.25, -0.2) is 9.18 Å². The second kappa shape index (κ2) is 4.96. The first-order valence-corrected chi connectivity index (χ1v) is 6.97. The normalized spacial score (nSPS) is 11.0. The Kier molecular flexibility index (Phi) is 3.25. The molecule has 0 aliphatic carbocycles. The van der Waals surface area contributed by atoms with Crippen LogP contribution in [0.3, 0.4) is 0 Å². The number of carbonyl (C=O) groups excluding carboxylic acids is 1. The van der Waals surface area contributed by atoms with E-state index in [4.69, 9.17) is 0 Å². The summed E-state index contributed by atoms with van der Waals surface area (Å²) in [6.45, 7) is 1.61. The lowest BCUT2D eigenvalue weighted by molar-refractivity contribution is 0.103. The number of aromatic nitrogens is 2. The van der Waals surface area contributed by atoms with Gasteiger partial charge in [0.25, 0.3) is 0 Å². The number of aromatic amines is 2. The van der Waals surface area contributed by atoms with E-state index in [2.05, 4.69) is 25.9 Å². The fourth-order valence-electron chi connectivity index (χ4n) is 2.17. The molecule has 2 aromatic carbocycles. The molecule has 0 spiro atoms. The second-order valence-electron chi connectivity index (χ2n) is 4.75. The highest BCUT2D eigenvalue weighted by Crippen LogP contribution is 2.25. The maximum atomic E-state index is 13.3. The van der Waals surface area contributed by atoms with Crippen molar-refractivity contribution in [1.82, 2.24) is 9.97 Å². The van der Waals surface area contributed by atoms with Crippen LogP contribution >= 0.6 is 15.9 Å². The molecule has 1 heterocycles. The van der Waals surface area contributed by atoms with Crippen LogP contribution < -0.4 is 5.69 Å². The molecule has 2 N–H and O–H groups in total. The molecule has 21 heavy (non-hydrogen) atoms. The topological polar surface area (TPSA) is 65.7 Å². The summed E-state index contributed by atoms with van der Waals surface area (Å²) in [5.74, 6) is -0.593. The predicted octanol–water partition coefficient (Wildman–Crippen LogP) is 3.30. The van der Waals surface area contributed by atoms with Crippen molar-refractivity contribution in [2.45, 2.75) is 6.92 Å². The Morgan fingerprint density at radius 1 is 1.14 bits per heavy atom. The lowest BCUT2D eigenvalue weighted by atomic mass is 10.0. The van der Waals surface area contributed by atoms with E-state index in [1.807, 2.05) is 0 Å². The second-order valence-corrected chi connectivity index (χ2v) is 5.60. The Bertz CT molecular complexity index is 927. The number of ketones is 1. The van der Waals surface area contributed by atoms with Gasteiger partial charge in [0.05, 0.1) is 11.0 Å². The quantitative estimate of drug-likeness (QED) is 0.698. The smallest absolute Gasteiger partial charge is 0.306 e. The summed E-state index contributed by atoms with van der Waals surface area (Å²) in [6, 6.07) is 7.48. The molecule has 4 nitrogen and oxygen atoms in total. The van der Waals surface area contributed by atoms with Crippen LogP contribution in [0.2, 0.25) is 0 Å². The molecule has 0 amide bonds. The molecule has 0 saturated heterocycles. The maximum absolute atomic E-state index is 13.3. The first-order valence-electron chi connectivity index (χ1n) is 6.18. The van der Waals surface area contributed by atoms with E-state index in [9.17, 15) is 14.0 Å². The van der Waals surface area contributed by atoms with E-state index in [0.29, 0.717) is 32.2 Å². The predicted molar refractivity (Wildman–Crippen MR) is 81.2 cm³/mol. The van der Waals surface area contributed by atoms with Gasteiger partial charge in [-0.05, 0) is 58.7 Å². The molecule has 3 aromatic rings. The van der Waals surface area contributed by atoms with Crippen LogP contribution in [0.25, 0.3) is 11.0 Å². The first kappa shape index (κ1) is 13.8. The van der Waals surface area contributed by atoms with Crippen molar-refractivity contribution in [1.29, 1.82) is 0 Å². The molecular weight excluding hydrogens is 339 g/mol. The SMILES string of the molecule is Cc1cc(C(=O)c2cc3[nH]c(=O)[nH]c3cc2Br)ccc1F. The molecule has 0 unspecified atom stereocenters. The molecule has 0 aliphatic rings. The van der Waals surface area contributed by atoms with Crippen molar-refractivity contribution in [2.24, 2.45) is 0 Å². The molecule has 0 aliphatic heterocycles. The molecule has 6 heteroatoms. The molecule has 3 rings (SSSR count). The summed E-state index contributed by atoms with van der Waals surface area (Å²) in [7, 11) is 0. The van der Waals surface area contributed by atoms with Crippen molar-refractivity contribution in [2.75, 3.05) is 0 Å². The van der Waals surface area contributed by atoms with Gasteiger partial charge in [0, 0.05) is 15.6 Å². The van der Waals surface area contributed by atoms with Crippen LogP contribution in [-0.4, -0.2) is 15.8 Å². The van der Waals surface area contributed by atoms with Gasteiger partial charge >= 0.3 is 5.69 Å². The van der Waals surface area contributed by atoms with Crippen LogP contribution in [0, 0.1) is 12.7 Å². The average Bonchev–Trinajstić information content (AvgIpc) is 2.79. The van der Waals surface area contributed by atoms with Crippen molar-refractivity contribution in [3.63, 3.8) is 0 Å². The van der Waals surface area contributed by atoms with Crippen molar-refractivity contribution in [3.05, 3.63) is 67.8 Å². The summed E-state index contributed by atoms with van der Waals surface area (Å²) in [5.41, 5.74) is 2.03. The van der Waals surface area contributed by atoms with E-state index >= 15 is 0 Å². The number of H-pyrrole nitrogens is 2. The molecule has 0 saturated carbocycles. The minimum Gasteiger partial charge on any atom is -0.306 e. The zero-order valence-electron chi connectivity index (χ0n) is 11.0. The number of hydrogen-bond acceptors (Lipinski definition) is 2. The van der Waals surface area contributed by atoms with Gasteiger partial charge in [-0.2, -0.15) is 0 Å². The molecule has 0 fully saturated rings. The van der Waals surface area contributed by atoms with Gasteiger partial charge in [-0.15, -0.1) is 0 Å². The molecule has 0 radical (unpaired) electrons. The minimum atomic E-state index is -0.351. The number of nitrogens with one attached hydrogen (secondary N) is 2. The van der Waals surface area contributed by atoms with Crippen molar-refractivity contribution >= 4 is 32.7 Å². The van der Waals surface area contributed by atoms with Crippen LogP contribution in [0.1, 0.15) is 21.5 Å². The number of fused-ring (bicyclic) bond motifs is 1. The zero-order chi connectivity index (χ0) is 15.1. The van der Waals surface area contributed by atoms with Gasteiger partial charge in [0.1, 0.15) is 5.82 Å². The fraction of sp³-hybridized carbons (Fsp3) is 0.0667. The minimum absolute atomic E-state index is 0.242. The third kappa shape index (κ3) is 2.42. The number of imidazole rings is 1. The number of benzene rings is 2. The fourth-order valence-corrected chi connectivity index (χ4v) is 2.69. The van der Waals surface area contributed by atoms with Gasteiger partial charge in [-0.1, -0.05) is 0 Å². The van der Waals surface area contributed by atoms with Crippen LogP contribution in [0.4, 0.5) is 4.39 Å². The highest BCUT2D eigenvalue weighted by Gasteiger charge is 2.15. The number of hydrogen-bond donors (Lipinski definition) is 2. The first-order chi connectivity index (χ1) is 9.95. The van der Waals surface area contributed by atoms with E-state index in [-0.39, 0.29) is 17.3 Å². The van der Waals surface area contributed by atoms with Crippen LogP contribution in [0.15, 0.2) is 39.6 Å². The third-order valence-corrected chi connectivity index (χ3v) is 3.92. The zero-order valence-corrected chi connectivity index (χ0v) is 12.5. The van der Waals surface area contributed by atoms with Gasteiger partial charge in [-0.3, -0.25) is 4.79 Å². The summed E-state index contributed by atoms with van der Waals surface area (Å²) in [4.78, 5) is 29.0. The van der Waals surface area contributed by atoms with Gasteiger partial charge in [0.2, 0.25) is 0 Å². The maximum Gasteiger partial charge on any atom is 0.323 e. The summed E-state index contributed by atoms with van der Waals surface area (Å²) in [6.07, 6.45) is 0. The number of carbonyl (C=O) groups is 1. The average molecular weight is 349 g/mol. The highest BCUT2D eigenvalue weighted by molar-refractivity contribution is 9.10. The van der Waals surface area contributed by atoms with E-state index < -0.39 is 0 Å². The number of rotatable bonds is 2. The Morgan fingerprint density at radius 2 is 1.81 bits per heavy atom. The van der Waals surface area contributed by atoms with Gasteiger partial charge < -0.3 is 9.97 Å². The molecule has 106 valence electrons. The lowest BCUT2D eigenvalue weighted by Gasteiger charge is -2.06. The highest BCUT2D eigenvalue weighted by atomic mass is 79.9. The molecule has 1 aromatic heterocycles. The Balaban J connectivity index is 2.14. The molecule has 0 atom stereocenters. The monoisotopic (exact) mass is 348 g/mol. The largest absolute Gasteiger partial charge is 0.323 e. The molecular formula is C15H10BrFN2O2. The standard InChI is InChI=1S/C15H10BrFN2O2/c1-7-4-8(2-3-11(7)17)14(20)9-5-12-13(6-10(9)16)19-15(21)18-12/h2-6H,1H3,(H2,18,19,21). The van der Waals surface area contributed by atoms with E-state index in [0.717, 1.165) is 0 Å². The number of aryl methyl sites for hydroxylation is 1. The Hall–Kier alpha value is -2.21. The van der Waals surface area contributed by atoms with Crippen LogP contribution in [-0.2, 0) is 0 Å².